The normalized spacial score (nSPS) is 17.8. The second-order valence-corrected chi connectivity index (χ2v) is 7.53. The van der Waals surface area contributed by atoms with Crippen LogP contribution in [-0.2, 0) is 4.79 Å². The van der Waals surface area contributed by atoms with Gasteiger partial charge in [-0.2, -0.15) is 0 Å². The Hall–Kier alpha value is -2.82. The van der Waals surface area contributed by atoms with E-state index in [0.717, 1.165) is 29.7 Å². The lowest BCUT2D eigenvalue weighted by atomic mass is 10.0. The van der Waals surface area contributed by atoms with E-state index in [-0.39, 0.29) is 18.4 Å². The highest BCUT2D eigenvalue weighted by Gasteiger charge is 2.33. The third-order valence-electron chi connectivity index (χ3n) is 5.84. The molecule has 2 fully saturated rings. The van der Waals surface area contributed by atoms with Crippen LogP contribution in [0.15, 0.2) is 48.5 Å². The highest BCUT2D eigenvalue weighted by atomic mass is 16.5. The lowest BCUT2D eigenvalue weighted by Gasteiger charge is -2.37. The molecular weight excluding hydrogens is 352 g/mol. The average Bonchev–Trinajstić information content (AvgIpc) is 3.27. The van der Waals surface area contributed by atoms with E-state index in [2.05, 4.69) is 0 Å². The molecule has 0 atom stereocenters. The molecule has 0 radical (unpaired) electrons. The van der Waals surface area contributed by atoms with Gasteiger partial charge in [-0.1, -0.05) is 43.2 Å². The summed E-state index contributed by atoms with van der Waals surface area (Å²) in [6.45, 7) is 1.41. The maximum atomic E-state index is 13.0. The average molecular weight is 378 g/mol. The minimum absolute atomic E-state index is 0.0763. The zero-order chi connectivity index (χ0) is 19.5. The second kappa shape index (κ2) is 8.05. The van der Waals surface area contributed by atoms with Crippen molar-refractivity contribution in [3.05, 3.63) is 54.1 Å². The predicted octanol–water partition coefficient (Wildman–Crippen LogP) is 3.59. The Kier molecular flexibility index (Phi) is 5.33. The molecule has 0 aromatic heterocycles. The fourth-order valence-corrected chi connectivity index (χ4v) is 4.35. The molecule has 0 bridgehead atoms. The Morgan fingerprint density at radius 2 is 1.82 bits per heavy atom. The molecule has 4 rings (SSSR count). The van der Waals surface area contributed by atoms with Crippen molar-refractivity contribution in [2.24, 2.45) is 0 Å². The van der Waals surface area contributed by atoms with E-state index in [1.54, 1.807) is 12.0 Å². The van der Waals surface area contributed by atoms with Gasteiger partial charge in [-0.05, 0) is 36.6 Å². The number of ether oxygens (including phenoxy) is 1. The fraction of sp³-hybridized carbons (Fsp3) is 0.391. The molecule has 0 N–H and O–H groups in total. The van der Waals surface area contributed by atoms with E-state index < -0.39 is 0 Å². The fourth-order valence-electron chi connectivity index (χ4n) is 4.35. The van der Waals surface area contributed by atoms with Gasteiger partial charge in [-0.15, -0.1) is 0 Å². The molecule has 1 aliphatic heterocycles. The quantitative estimate of drug-likeness (QED) is 0.817. The van der Waals surface area contributed by atoms with Crippen molar-refractivity contribution < 1.29 is 14.3 Å². The maximum absolute atomic E-state index is 13.0. The number of amides is 2. The number of methoxy groups -OCH3 is 1. The molecule has 1 saturated heterocycles. The van der Waals surface area contributed by atoms with Crippen LogP contribution in [0.2, 0.25) is 0 Å². The monoisotopic (exact) mass is 378 g/mol. The van der Waals surface area contributed by atoms with E-state index in [1.807, 2.05) is 53.4 Å². The van der Waals surface area contributed by atoms with Gasteiger partial charge in [0.05, 0.1) is 7.11 Å². The number of nitrogens with zero attached hydrogens (tertiary/aromatic N) is 2. The molecule has 146 valence electrons. The van der Waals surface area contributed by atoms with Gasteiger partial charge in [0, 0.05) is 30.3 Å². The van der Waals surface area contributed by atoms with Gasteiger partial charge < -0.3 is 14.5 Å². The number of rotatable bonds is 4. The Morgan fingerprint density at radius 3 is 2.57 bits per heavy atom. The maximum Gasteiger partial charge on any atom is 0.254 e. The number of benzene rings is 2. The van der Waals surface area contributed by atoms with Crippen molar-refractivity contribution in [2.75, 3.05) is 26.7 Å². The van der Waals surface area contributed by atoms with Gasteiger partial charge in [-0.25, -0.2) is 0 Å². The van der Waals surface area contributed by atoms with Crippen LogP contribution in [0.4, 0.5) is 0 Å². The zero-order valence-electron chi connectivity index (χ0n) is 16.3. The van der Waals surface area contributed by atoms with Crippen molar-refractivity contribution in [1.29, 1.82) is 0 Å². The van der Waals surface area contributed by atoms with E-state index in [9.17, 15) is 9.59 Å². The summed E-state index contributed by atoms with van der Waals surface area (Å²) in [7, 11) is 1.64. The zero-order valence-corrected chi connectivity index (χ0v) is 16.3. The summed E-state index contributed by atoms with van der Waals surface area (Å²) in [5.74, 6) is 0.760. The molecule has 2 aliphatic rings. The molecule has 1 heterocycles. The largest absolute Gasteiger partial charge is 0.496 e. The first-order chi connectivity index (χ1) is 13.7. The number of hydrogen-bond donors (Lipinski definition) is 0. The van der Waals surface area contributed by atoms with Crippen molar-refractivity contribution >= 4 is 11.8 Å². The molecule has 5 heteroatoms. The second-order valence-electron chi connectivity index (χ2n) is 7.53. The summed E-state index contributed by atoms with van der Waals surface area (Å²) in [5, 5.41) is 0. The lowest BCUT2D eigenvalue weighted by Crippen LogP contribution is -2.54. The first-order valence-electron chi connectivity index (χ1n) is 9.99. The Labute approximate surface area is 165 Å². The topological polar surface area (TPSA) is 49.9 Å². The minimum Gasteiger partial charge on any atom is -0.496 e. The van der Waals surface area contributed by atoms with E-state index in [1.165, 1.54) is 12.8 Å². The molecular formula is C23H26N2O3. The van der Waals surface area contributed by atoms with E-state index >= 15 is 0 Å². The molecule has 2 aromatic rings. The van der Waals surface area contributed by atoms with Gasteiger partial charge in [0.2, 0.25) is 5.91 Å². The number of piperazine rings is 1. The first kappa shape index (κ1) is 18.5. The number of hydrogen-bond acceptors (Lipinski definition) is 3. The molecule has 1 aliphatic carbocycles. The summed E-state index contributed by atoms with van der Waals surface area (Å²) in [6.07, 6.45) is 4.60. The Balaban J connectivity index is 1.50. The van der Waals surface area contributed by atoms with Crippen molar-refractivity contribution in [3.8, 4) is 16.9 Å². The van der Waals surface area contributed by atoms with Gasteiger partial charge in [0.25, 0.3) is 5.91 Å². The van der Waals surface area contributed by atoms with Crippen molar-refractivity contribution in [1.82, 2.24) is 9.80 Å². The van der Waals surface area contributed by atoms with Crippen LogP contribution in [0.1, 0.15) is 36.0 Å². The van der Waals surface area contributed by atoms with Crippen molar-refractivity contribution in [2.45, 2.75) is 31.7 Å². The SMILES string of the molecule is COc1ccccc1-c1cccc(C(=O)N2CCN(C3CCCC3)C(=O)C2)c1. The highest BCUT2D eigenvalue weighted by molar-refractivity contribution is 5.98. The van der Waals surface area contributed by atoms with Crippen LogP contribution in [0.25, 0.3) is 11.1 Å². The van der Waals surface area contributed by atoms with Crippen LogP contribution in [0, 0.1) is 0 Å². The summed E-state index contributed by atoms with van der Waals surface area (Å²) < 4.78 is 5.45. The lowest BCUT2D eigenvalue weighted by molar-refractivity contribution is -0.137. The van der Waals surface area contributed by atoms with Gasteiger partial charge in [0.1, 0.15) is 12.3 Å². The Morgan fingerprint density at radius 1 is 1.04 bits per heavy atom. The summed E-state index contributed by atoms with van der Waals surface area (Å²) in [4.78, 5) is 29.3. The third kappa shape index (κ3) is 3.61. The van der Waals surface area contributed by atoms with Crippen LogP contribution in [-0.4, -0.2) is 54.4 Å². The van der Waals surface area contributed by atoms with E-state index in [4.69, 9.17) is 4.74 Å². The molecule has 1 saturated carbocycles. The van der Waals surface area contributed by atoms with Crippen LogP contribution >= 0.6 is 0 Å². The summed E-state index contributed by atoms with van der Waals surface area (Å²) in [5.41, 5.74) is 2.48. The van der Waals surface area contributed by atoms with Crippen LogP contribution < -0.4 is 4.74 Å². The van der Waals surface area contributed by atoms with Gasteiger partial charge in [-0.3, -0.25) is 9.59 Å². The number of carbonyl (C=O) groups is 2. The molecule has 2 amide bonds. The van der Waals surface area contributed by atoms with Gasteiger partial charge in [0.15, 0.2) is 0 Å². The van der Waals surface area contributed by atoms with E-state index in [0.29, 0.717) is 24.7 Å². The molecule has 0 spiro atoms. The minimum atomic E-state index is -0.0869. The molecule has 28 heavy (non-hydrogen) atoms. The molecule has 5 nitrogen and oxygen atoms in total. The van der Waals surface area contributed by atoms with Crippen molar-refractivity contribution in [3.63, 3.8) is 0 Å². The number of carbonyl (C=O) groups excluding carboxylic acids is 2. The Bertz CT molecular complexity index is 874. The van der Waals surface area contributed by atoms with Crippen LogP contribution in [0.3, 0.4) is 0 Å². The summed E-state index contributed by atoms with van der Waals surface area (Å²) >= 11 is 0. The summed E-state index contributed by atoms with van der Waals surface area (Å²) in [6, 6.07) is 15.7. The predicted molar refractivity (Wildman–Crippen MR) is 108 cm³/mol. The van der Waals surface area contributed by atoms with Crippen LogP contribution in [0.5, 0.6) is 5.75 Å². The molecule has 0 unspecified atom stereocenters. The first-order valence-corrected chi connectivity index (χ1v) is 9.99. The smallest absolute Gasteiger partial charge is 0.254 e. The standard InChI is InChI=1S/C23H26N2O3/c1-28-21-12-5-4-11-20(21)17-7-6-8-18(15-17)23(27)24-13-14-25(22(26)16-24)19-9-2-3-10-19/h4-8,11-12,15,19H,2-3,9-10,13-14,16H2,1H3. The highest BCUT2D eigenvalue weighted by Crippen LogP contribution is 2.30. The molecule has 2 aromatic carbocycles. The van der Waals surface area contributed by atoms with Gasteiger partial charge >= 0.3 is 0 Å². The third-order valence-corrected chi connectivity index (χ3v) is 5.84. The number of para-hydroxylation sites is 1.